The maximum absolute atomic E-state index is 12.1. The maximum Gasteiger partial charge on any atom is 0.309 e. The highest BCUT2D eigenvalue weighted by atomic mass is 35.5. The van der Waals surface area contributed by atoms with E-state index in [1.54, 1.807) is 18.2 Å². The smallest absolute Gasteiger partial charge is 0.309 e. The molecule has 126 valence electrons. The molecule has 2 rings (SSSR count). The molecule has 4 nitrogen and oxygen atoms in total. The molecule has 0 aliphatic carbocycles. The van der Waals surface area contributed by atoms with E-state index in [4.69, 9.17) is 21.0 Å². The van der Waals surface area contributed by atoms with Gasteiger partial charge in [0.2, 0.25) is 0 Å². The number of hydrogen-bond donors (Lipinski definition) is 0. The molecule has 24 heavy (non-hydrogen) atoms. The molecule has 6 heteroatoms. The molecule has 0 N–H and O–H groups in total. The van der Waals surface area contributed by atoms with Crippen LogP contribution in [0.3, 0.4) is 0 Å². The van der Waals surface area contributed by atoms with E-state index in [1.807, 2.05) is 36.4 Å². The molecule has 0 saturated carbocycles. The van der Waals surface area contributed by atoms with E-state index in [-0.39, 0.29) is 5.75 Å². The van der Waals surface area contributed by atoms with Crippen LogP contribution in [-0.4, -0.2) is 14.2 Å². The first-order chi connectivity index (χ1) is 11.5. The van der Waals surface area contributed by atoms with Gasteiger partial charge in [0.05, 0.1) is 11.8 Å². The van der Waals surface area contributed by atoms with Crippen molar-refractivity contribution in [3.05, 3.63) is 64.7 Å². The second-order valence-corrected chi connectivity index (χ2v) is 7.50. The van der Waals surface area contributed by atoms with Crippen LogP contribution in [0, 0.1) is 11.3 Å². The summed E-state index contributed by atoms with van der Waals surface area (Å²) in [5.41, 5.74) is 1.75. The summed E-state index contributed by atoms with van der Waals surface area (Å²) in [5.74, 6) is 0.186. The van der Waals surface area contributed by atoms with Gasteiger partial charge in [-0.25, -0.2) is 0 Å². The quantitative estimate of drug-likeness (QED) is 0.517. The summed E-state index contributed by atoms with van der Waals surface area (Å²) >= 11 is 6.04. The Balaban J connectivity index is 2.13. The van der Waals surface area contributed by atoms with E-state index in [0.29, 0.717) is 42.0 Å². The van der Waals surface area contributed by atoms with Gasteiger partial charge in [0.15, 0.2) is 0 Å². The predicted octanol–water partition coefficient (Wildman–Crippen LogP) is 4.33. The van der Waals surface area contributed by atoms with Gasteiger partial charge in [0.1, 0.15) is 5.75 Å². The SMILES string of the molecule is N#CCCCCS(=O)(=O)Oc1ccc(Cl)cc1Cc1ccccc1. The molecule has 0 amide bonds. The first-order valence-electron chi connectivity index (χ1n) is 7.61. The lowest BCUT2D eigenvalue weighted by atomic mass is 10.0. The van der Waals surface area contributed by atoms with Gasteiger partial charge >= 0.3 is 10.1 Å². The van der Waals surface area contributed by atoms with Gasteiger partial charge in [0.25, 0.3) is 0 Å². The van der Waals surface area contributed by atoms with Gasteiger partial charge in [-0.1, -0.05) is 41.9 Å². The van der Waals surface area contributed by atoms with E-state index in [1.165, 1.54) is 0 Å². The van der Waals surface area contributed by atoms with Crippen LogP contribution in [0.1, 0.15) is 30.4 Å². The van der Waals surface area contributed by atoms with Crippen LogP contribution < -0.4 is 4.18 Å². The predicted molar refractivity (Wildman–Crippen MR) is 94.6 cm³/mol. The Kier molecular flexibility index (Phi) is 6.65. The van der Waals surface area contributed by atoms with Crippen LogP contribution in [0.5, 0.6) is 5.75 Å². The third-order valence-corrected chi connectivity index (χ3v) is 4.87. The van der Waals surface area contributed by atoms with Crippen molar-refractivity contribution in [2.24, 2.45) is 0 Å². The minimum absolute atomic E-state index is 0.109. The van der Waals surface area contributed by atoms with Gasteiger partial charge < -0.3 is 4.18 Å². The first kappa shape index (κ1) is 18.3. The molecule has 0 aliphatic heterocycles. The lowest BCUT2D eigenvalue weighted by Crippen LogP contribution is -2.15. The van der Waals surface area contributed by atoms with Crippen molar-refractivity contribution < 1.29 is 12.6 Å². The topological polar surface area (TPSA) is 67.2 Å². The van der Waals surface area contributed by atoms with Gasteiger partial charge in [0, 0.05) is 23.4 Å². The summed E-state index contributed by atoms with van der Waals surface area (Å²) in [4.78, 5) is 0. The summed E-state index contributed by atoms with van der Waals surface area (Å²) in [6, 6.07) is 16.6. The molecule has 0 aliphatic rings. The Morgan fingerprint density at radius 3 is 2.54 bits per heavy atom. The first-order valence-corrected chi connectivity index (χ1v) is 9.57. The van der Waals surface area contributed by atoms with E-state index >= 15 is 0 Å². The summed E-state index contributed by atoms with van der Waals surface area (Å²) in [5, 5.41) is 9.02. The number of halogens is 1. The molecule has 0 aromatic heterocycles. The minimum atomic E-state index is -3.70. The van der Waals surface area contributed by atoms with E-state index in [2.05, 4.69) is 0 Å². The van der Waals surface area contributed by atoms with Crippen molar-refractivity contribution in [3.8, 4) is 11.8 Å². The number of nitrogens with zero attached hydrogens (tertiary/aromatic N) is 1. The Bertz CT molecular complexity index is 814. The van der Waals surface area contributed by atoms with Gasteiger partial charge in [-0.15, -0.1) is 0 Å². The molecule has 0 atom stereocenters. The fraction of sp³-hybridized carbons (Fsp3) is 0.278. The Hall–Kier alpha value is -2.03. The molecule has 0 saturated heterocycles. The second kappa shape index (κ2) is 8.72. The fourth-order valence-corrected chi connectivity index (χ4v) is 3.52. The summed E-state index contributed by atoms with van der Waals surface area (Å²) in [7, 11) is -3.70. The normalized spacial score (nSPS) is 11.0. The highest BCUT2D eigenvalue weighted by Crippen LogP contribution is 2.27. The molecule has 0 fully saturated rings. The van der Waals surface area contributed by atoms with Crippen molar-refractivity contribution in [1.29, 1.82) is 5.26 Å². The van der Waals surface area contributed by atoms with E-state index in [0.717, 1.165) is 5.56 Å². The average Bonchev–Trinajstić information content (AvgIpc) is 2.55. The average molecular weight is 364 g/mol. The summed E-state index contributed by atoms with van der Waals surface area (Å²) in [6.07, 6.45) is 1.81. The highest BCUT2D eigenvalue weighted by molar-refractivity contribution is 7.87. The van der Waals surface area contributed by atoms with Crippen LogP contribution in [0.2, 0.25) is 5.02 Å². The number of benzene rings is 2. The lowest BCUT2D eigenvalue weighted by Gasteiger charge is -2.12. The Labute approximate surface area is 147 Å². The molecular weight excluding hydrogens is 346 g/mol. The third-order valence-electron chi connectivity index (χ3n) is 3.41. The van der Waals surface area contributed by atoms with Crippen LogP contribution in [0.15, 0.2) is 48.5 Å². The van der Waals surface area contributed by atoms with Gasteiger partial charge in [-0.2, -0.15) is 13.7 Å². The highest BCUT2D eigenvalue weighted by Gasteiger charge is 2.16. The number of nitriles is 1. The molecule has 0 radical (unpaired) electrons. The minimum Gasteiger partial charge on any atom is -0.382 e. The summed E-state index contributed by atoms with van der Waals surface area (Å²) in [6.45, 7) is 0. The van der Waals surface area contributed by atoms with E-state index in [9.17, 15) is 8.42 Å². The lowest BCUT2D eigenvalue weighted by molar-refractivity contribution is 0.480. The number of unbranched alkanes of at least 4 members (excludes halogenated alkanes) is 2. The Morgan fingerprint density at radius 2 is 1.83 bits per heavy atom. The van der Waals surface area contributed by atoms with Crippen LogP contribution in [0.25, 0.3) is 0 Å². The van der Waals surface area contributed by atoms with E-state index < -0.39 is 10.1 Å². The maximum atomic E-state index is 12.1. The van der Waals surface area contributed by atoms with Crippen LogP contribution in [-0.2, 0) is 16.5 Å². The standard InChI is InChI=1S/C18H18ClNO3S/c19-17-9-10-18(23-24(21,22)12-6-2-5-11-20)16(14-17)13-15-7-3-1-4-8-15/h1,3-4,7-10,14H,2,5-6,12-13H2. The zero-order chi connectivity index (χ0) is 17.4. The monoisotopic (exact) mass is 363 g/mol. The molecule has 2 aromatic carbocycles. The number of hydrogen-bond acceptors (Lipinski definition) is 4. The molecule has 0 unspecified atom stereocenters. The van der Waals surface area contributed by atoms with Crippen molar-refractivity contribution in [3.63, 3.8) is 0 Å². The van der Waals surface area contributed by atoms with Crippen LogP contribution >= 0.6 is 11.6 Å². The zero-order valence-corrected chi connectivity index (χ0v) is 14.7. The molecular formula is C18H18ClNO3S. The third kappa shape index (κ3) is 5.88. The van der Waals surface area contributed by atoms with Gasteiger partial charge in [-0.3, -0.25) is 0 Å². The van der Waals surface area contributed by atoms with Crippen molar-refractivity contribution >= 4 is 21.7 Å². The van der Waals surface area contributed by atoms with Crippen molar-refractivity contribution in [2.45, 2.75) is 25.7 Å². The molecule has 0 heterocycles. The molecule has 0 spiro atoms. The van der Waals surface area contributed by atoms with Crippen molar-refractivity contribution in [1.82, 2.24) is 0 Å². The summed E-state index contributed by atoms with van der Waals surface area (Å²) < 4.78 is 29.5. The number of rotatable bonds is 8. The zero-order valence-electron chi connectivity index (χ0n) is 13.1. The van der Waals surface area contributed by atoms with Gasteiger partial charge in [-0.05, 0) is 36.6 Å². The fourth-order valence-electron chi connectivity index (χ4n) is 2.24. The largest absolute Gasteiger partial charge is 0.382 e. The van der Waals surface area contributed by atoms with Crippen molar-refractivity contribution in [2.75, 3.05) is 5.75 Å². The Morgan fingerprint density at radius 1 is 1.08 bits per heavy atom. The second-order valence-electron chi connectivity index (χ2n) is 5.37. The molecule has 2 aromatic rings. The van der Waals surface area contributed by atoms with Crippen LogP contribution in [0.4, 0.5) is 0 Å². The molecule has 0 bridgehead atoms.